The lowest BCUT2D eigenvalue weighted by molar-refractivity contribution is -0.142. The number of likely N-dealkylation sites (tertiary alicyclic amines) is 1. The van der Waals surface area contributed by atoms with Crippen molar-refractivity contribution in [2.75, 3.05) is 20.6 Å². The van der Waals surface area contributed by atoms with Gasteiger partial charge in [0, 0.05) is 33.1 Å². The van der Waals surface area contributed by atoms with Crippen molar-refractivity contribution in [2.45, 2.75) is 38.3 Å². The van der Waals surface area contributed by atoms with Gasteiger partial charge in [0.2, 0.25) is 11.8 Å². The molecule has 0 aromatic carbocycles. The smallest absolute Gasteiger partial charge is 0.244 e. The van der Waals surface area contributed by atoms with E-state index in [4.69, 9.17) is 5.73 Å². The van der Waals surface area contributed by atoms with E-state index in [1.165, 1.54) is 0 Å². The molecule has 1 rings (SSSR count). The van der Waals surface area contributed by atoms with Gasteiger partial charge in [-0.3, -0.25) is 9.59 Å². The van der Waals surface area contributed by atoms with Crippen LogP contribution in [0.25, 0.3) is 0 Å². The van der Waals surface area contributed by atoms with Crippen molar-refractivity contribution in [1.29, 1.82) is 0 Å². The van der Waals surface area contributed by atoms with Gasteiger partial charge in [-0.1, -0.05) is 0 Å². The molecule has 1 saturated heterocycles. The van der Waals surface area contributed by atoms with Gasteiger partial charge in [0.15, 0.2) is 0 Å². The van der Waals surface area contributed by atoms with Crippen LogP contribution in [0.2, 0.25) is 0 Å². The summed E-state index contributed by atoms with van der Waals surface area (Å²) < 4.78 is 0. The first-order chi connectivity index (χ1) is 7.43. The second-order valence-electron chi connectivity index (χ2n) is 4.66. The summed E-state index contributed by atoms with van der Waals surface area (Å²) in [4.78, 5) is 26.9. The molecule has 0 aliphatic carbocycles. The first-order valence-corrected chi connectivity index (χ1v) is 5.69. The molecule has 2 N–H and O–H groups in total. The molecule has 1 heterocycles. The number of hydrogen-bond donors (Lipinski definition) is 1. The molecule has 5 nitrogen and oxygen atoms in total. The molecule has 0 aromatic rings. The molecular weight excluding hydrogens is 242 g/mol. The van der Waals surface area contributed by atoms with Gasteiger partial charge in [-0.25, -0.2) is 0 Å². The average molecular weight is 264 g/mol. The number of amides is 2. The monoisotopic (exact) mass is 263 g/mol. The van der Waals surface area contributed by atoms with Gasteiger partial charge >= 0.3 is 0 Å². The highest BCUT2D eigenvalue weighted by atomic mass is 35.5. The minimum atomic E-state index is -0.277. The van der Waals surface area contributed by atoms with E-state index < -0.39 is 0 Å². The zero-order valence-corrected chi connectivity index (χ0v) is 11.5. The zero-order valence-electron chi connectivity index (χ0n) is 10.7. The van der Waals surface area contributed by atoms with Crippen molar-refractivity contribution in [2.24, 2.45) is 5.73 Å². The van der Waals surface area contributed by atoms with E-state index in [0.29, 0.717) is 13.0 Å². The zero-order chi connectivity index (χ0) is 12.3. The van der Waals surface area contributed by atoms with E-state index in [1.807, 2.05) is 0 Å². The summed E-state index contributed by atoms with van der Waals surface area (Å²) in [7, 11) is 3.43. The Morgan fingerprint density at radius 3 is 2.53 bits per heavy atom. The minimum absolute atomic E-state index is 0. The Hall–Kier alpha value is -0.810. The van der Waals surface area contributed by atoms with E-state index in [1.54, 1.807) is 30.8 Å². The molecule has 100 valence electrons. The SMILES string of the molecule is CC(N)CC(=O)N1CCCC1C(=O)N(C)C.Cl. The largest absolute Gasteiger partial charge is 0.347 e. The molecule has 0 spiro atoms. The minimum Gasteiger partial charge on any atom is -0.347 e. The van der Waals surface area contributed by atoms with Crippen molar-refractivity contribution < 1.29 is 9.59 Å². The summed E-state index contributed by atoms with van der Waals surface area (Å²) in [6.45, 7) is 2.48. The number of nitrogens with two attached hydrogens (primary N) is 1. The van der Waals surface area contributed by atoms with Gasteiger partial charge in [-0.05, 0) is 19.8 Å². The van der Waals surface area contributed by atoms with Crippen molar-refractivity contribution in [3.8, 4) is 0 Å². The highest BCUT2D eigenvalue weighted by Gasteiger charge is 2.34. The van der Waals surface area contributed by atoms with E-state index in [0.717, 1.165) is 12.8 Å². The number of nitrogens with zero attached hydrogens (tertiary/aromatic N) is 2. The molecule has 2 atom stereocenters. The molecule has 1 aliphatic rings. The summed E-state index contributed by atoms with van der Waals surface area (Å²) in [6.07, 6.45) is 1.98. The predicted octanol–water partition coefficient (Wildman–Crippen LogP) is 0.225. The molecule has 17 heavy (non-hydrogen) atoms. The van der Waals surface area contributed by atoms with Crippen LogP contribution in [0.1, 0.15) is 26.2 Å². The van der Waals surface area contributed by atoms with Crippen LogP contribution in [-0.2, 0) is 9.59 Å². The van der Waals surface area contributed by atoms with Crippen molar-refractivity contribution >= 4 is 24.2 Å². The van der Waals surface area contributed by atoms with E-state index in [9.17, 15) is 9.59 Å². The molecule has 2 amide bonds. The Labute approximate surface area is 109 Å². The first kappa shape index (κ1) is 16.2. The lowest BCUT2D eigenvalue weighted by atomic mass is 10.1. The molecule has 0 saturated carbocycles. The second kappa shape index (κ2) is 6.81. The third-order valence-corrected chi connectivity index (χ3v) is 2.80. The third kappa shape index (κ3) is 4.16. The Kier molecular flexibility index (Phi) is 6.49. The topological polar surface area (TPSA) is 66.6 Å². The van der Waals surface area contributed by atoms with Gasteiger partial charge in [-0.15, -0.1) is 12.4 Å². The first-order valence-electron chi connectivity index (χ1n) is 5.69. The van der Waals surface area contributed by atoms with Crippen LogP contribution in [0.4, 0.5) is 0 Å². The highest BCUT2D eigenvalue weighted by molar-refractivity contribution is 5.88. The summed E-state index contributed by atoms with van der Waals surface area (Å²) in [5.41, 5.74) is 5.60. The van der Waals surface area contributed by atoms with Gasteiger partial charge < -0.3 is 15.5 Å². The molecule has 0 aromatic heterocycles. The number of rotatable bonds is 3. The fourth-order valence-corrected chi connectivity index (χ4v) is 2.01. The van der Waals surface area contributed by atoms with Gasteiger partial charge in [0.05, 0.1) is 0 Å². The Balaban J connectivity index is 0.00000256. The van der Waals surface area contributed by atoms with Gasteiger partial charge in [0.1, 0.15) is 6.04 Å². The van der Waals surface area contributed by atoms with Crippen LogP contribution in [-0.4, -0.2) is 54.3 Å². The maximum Gasteiger partial charge on any atom is 0.244 e. The number of likely N-dealkylation sites (N-methyl/N-ethyl adjacent to an activating group) is 1. The van der Waals surface area contributed by atoms with Gasteiger partial charge in [0.25, 0.3) is 0 Å². The Bertz CT molecular complexity index is 282. The normalized spacial score (nSPS) is 20.7. The van der Waals surface area contributed by atoms with E-state index in [2.05, 4.69) is 0 Å². The molecule has 6 heteroatoms. The third-order valence-electron chi connectivity index (χ3n) is 2.80. The van der Waals surface area contributed by atoms with E-state index in [-0.39, 0.29) is 36.3 Å². The molecule has 0 bridgehead atoms. The van der Waals surface area contributed by atoms with Crippen LogP contribution in [0.5, 0.6) is 0 Å². The summed E-state index contributed by atoms with van der Waals surface area (Å²) in [5, 5.41) is 0. The summed E-state index contributed by atoms with van der Waals surface area (Å²) in [6, 6.07) is -0.426. The fourth-order valence-electron chi connectivity index (χ4n) is 2.01. The van der Waals surface area contributed by atoms with Crippen molar-refractivity contribution in [1.82, 2.24) is 9.80 Å². The van der Waals surface area contributed by atoms with Crippen molar-refractivity contribution in [3.05, 3.63) is 0 Å². The lowest BCUT2D eigenvalue weighted by Gasteiger charge is -2.26. The Morgan fingerprint density at radius 2 is 2.06 bits per heavy atom. The maximum atomic E-state index is 11.9. The summed E-state index contributed by atoms with van der Waals surface area (Å²) in [5.74, 6) is 0.00299. The van der Waals surface area contributed by atoms with Crippen LogP contribution in [0, 0.1) is 0 Å². The van der Waals surface area contributed by atoms with E-state index >= 15 is 0 Å². The quantitative estimate of drug-likeness (QED) is 0.792. The Morgan fingerprint density at radius 1 is 1.47 bits per heavy atom. The standard InChI is InChI=1S/C11H21N3O2.ClH/c1-8(12)7-10(15)14-6-4-5-9(14)11(16)13(2)3;/h8-9H,4-7,12H2,1-3H3;1H. The molecule has 1 aliphatic heterocycles. The molecule has 1 fully saturated rings. The second-order valence-corrected chi connectivity index (χ2v) is 4.66. The molecule has 0 radical (unpaired) electrons. The number of carbonyl (C=O) groups is 2. The van der Waals surface area contributed by atoms with Crippen LogP contribution >= 0.6 is 12.4 Å². The lowest BCUT2D eigenvalue weighted by Crippen LogP contribution is -2.46. The van der Waals surface area contributed by atoms with Gasteiger partial charge in [-0.2, -0.15) is 0 Å². The summed E-state index contributed by atoms with van der Waals surface area (Å²) >= 11 is 0. The molecule has 2 unspecified atom stereocenters. The predicted molar refractivity (Wildman–Crippen MR) is 68.9 cm³/mol. The average Bonchev–Trinajstić information content (AvgIpc) is 2.63. The fraction of sp³-hybridized carbons (Fsp3) is 0.818. The molecular formula is C11H22ClN3O2. The number of carbonyl (C=O) groups excluding carboxylic acids is 2. The number of halogens is 1. The number of hydrogen-bond acceptors (Lipinski definition) is 3. The highest BCUT2D eigenvalue weighted by Crippen LogP contribution is 2.19. The van der Waals surface area contributed by atoms with Crippen LogP contribution in [0.3, 0.4) is 0 Å². The van der Waals surface area contributed by atoms with Crippen molar-refractivity contribution in [3.63, 3.8) is 0 Å². The van der Waals surface area contributed by atoms with Crippen LogP contribution in [0.15, 0.2) is 0 Å². The van der Waals surface area contributed by atoms with Crippen LogP contribution < -0.4 is 5.73 Å². The maximum absolute atomic E-state index is 11.9.